The van der Waals surface area contributed by atoms with Crippen molar-refractivity contribution < 1.29 is 14.3 Å². The second-order valence-electron chi connectivity index (χ2n) is 6.97. The van der Waals surface area contributed by atoms with E-state index in [2.05, 4.69) is 21.2 Å². The van der Waals surface area contributed by atoms with Gasteiger partial charge in [-0.15, -0.1) is 0 Å². The lowest BCUT2D eigenvalue weighted by Gasteiger charge is -2.28. The van der Waals surface area contributed by atoms with Gasteiger partial charge in [-0.1, -0.05) is 60.7 Å². The molecule has 5 nitrogen and oxygen atoms in total. The zero-order valence-electron chi connectivity index (χ0n) is 17.1. The quantitative estimate of drug-likeness (QED) is 0.527. The van der Waals surface area contributed by atoms with Crippen molar-refractivity contribution in [2.24, 2.45) is 0 Å². The van der Waals surface area contributed by atoms with Crippen molar-refractivity contribution >= 4 is 38.5 Å². The lowest BCUT2D eigenvalue weighted by Crippen LogP contribution is -2.49. The molecule has 0 saturated heterocycles. The third-order valence-electron chi connectivity index (χ3n) is 4.89. The van der Waals surface area contributed by atoms with Crippen LogP contribution in [-0.4, -0.2) is 35.9 Å². The first kappa shape index (κ1) is 21.8. The van der Waals surface area contributed by atoms with Crippen LogP contribution in [0.4, 0.5) is 0 Å². The third-order valence-corrected chi connectivity index (χ3v) is 5.71. The molecule has 3 rings (SSSR count). The second kappa shape index (κ2) is 10.3. The van der Waals surface area contributed by atoms with Gasteiger partial charge in [0.1, 0.15) is 11.8 Å². The van der Waals surface area contributed by atoms with Crippen LogP contribution < -0.4 is 10.1 Å². The van der Waals surface area contributed by atoms with Crippen LogP contribution in [0.2, 0.25) is 0 Å². The molecule has 156 valence electrons. The van der Waals surface area contributed by atoms with E-state index < -0.39 is 6.04 Å². The molecule has 0 radical (unpaired) electrons. The molecule has 0 heterocycles. The fraction of sp³-hybridized carbons (Fsp3) is 0.250. The average Bonchev–Trinajstić information content (AvgIpc) is 2.77. The predicted octanol–water partition coefficient (Wildman–Crippen LogP) is 4.53. The van der Waals surface area contributed by atoms with E-state index in [1.54, 1.807) is 11.8 Å². The summed E-state index contributed by atoms with van der Waals surface area (Å²) < 4.78 is 6.65. The first-order valence-electron chi connectivity index (χ1n) is 9.92. The molecule has 3 aromatic rings. The summed E-state index contributed by atoms with van der Waals surface area (Å²) >= 11 is 3.58. The third kappa shape index (κ3) is 5.19. The van der Waals surface area contributed by atoms with E-state index in [0.717, 1.165) is 20.8 Å². The van der Waals surface area contributed by atoms with Crippen LogP contribution in [0.25, 0.3) is 10.8 Å². The number of hydrogen-bond donors (Lipinski definition) is 1. The highest BCUT2D eigenvalue weighted by Gasteiger charge is 2.26. The van der Waals surface area contributed by atoms with E-state index in [1.807, 2.05) is 73.7 Å². The van der Waals surface area contributed by atoms with Crippen molar-refractivity contribution in [2.45, 2.75) is 26.4 Å². The minimum atomic E-state index is -0.610. The normalized spacial score (nSPS) is 11.7. The van der Waals surface area contributed by atoms with Crippen molar-refractivity contribution in [1.82, 2.24) is 10.2 Å². The molecule has 0 spiro atoms. The SMILES string of the molecule is CCNC(=O)[C@H](C)N(Cc1ccccc1)C(=O)COc1ccc2ccccc2c1Br. The minimum absolute atomic E-state index is 0.159. The van der Waals surface area contributed by atoms with E-state index >= 15 is 0 Å². The Balaban J connectivity index is 1.77. The molecule has 0 unspecified atom stereocenters. The summed E-state index contributed by atoms with van der Waals surface area (Å²) in [4.78, 5) is 27.0. The number of ether oxygens (including phenoxy) is 1. The van der Waals surface area contributed by atoms with Gasteiger partial charge < -0.3 is 15.0 Å². The van der Waals surface area contributed by atoms with E-state index in [4.69, 9.17) is 4.74 Å². The number of halogens is 1. The van der Waals surface area contributed by atoms with Gasteiger partial charge in [0.25, 0.3) is 5.91 Å². The number of carbonyl (C=O) groups excluding carboxylic acids is 2. The number of nitrogens with one attached hydrogen (secondary N) is 1. The highest BCUT2D eigenvalue weighted by atomic mass is 79.9. The molecule has 0 bridgehead atoms. The summed E-state index contributed by atoms with van der Waals surface area (Å²) in [6.45, 7) is 4.27. The lowest BCUT2D eigenvalue weighted by atomic mass is 10.1. The molecule has 3 aromatic carbocycles. The Hall–Kier alpha value is -2.86. The van der Waals surface area contributed by atoms with Gasteiger partial charge in [0.15, 0.2) is 6.61 Å². The highest BCUT2D eigenvalue weighted by molar-refractivity contribution is 9.10. The maximum absolute atomic E-state index is 13.1. The fourth-order valence-electron chi connectivity index (χ4n) is 3.23. The number of amides is 2. The van der Waals surface area contributed by atoms with Crippen molar-refractivity contribution in [3.05, 3.63) is 76.8 Å². The van der Waals surface area contributed by atoms with Gasteiger partial charge in [-0.2, -0.15) is 0 Å². The number of hydrogen-bond acceptors (Lipinski definition) is 3. The van der Waals surface area contributed by atoms with Gasteiger partial charge >= 0.3 is 0 Å². The first-order valence-corrected chi connectivity index (χ1v) is 10.7. The van der Waals surface area contributed by atoms with Crippen molar-refractivity contribution in [2.75, 3.05) is 13.2 Å². The van der Waals surface area contributed by atoms with Crippen LogP contribution in [0, 0.1) is 0 Å². The number of nitrogens with zero attached hydrogens (tertiary/aromatic N) is 1. The number of carbonyl (C=O) groups is 2. The van der Waals surface area contributed by atoms with E-state index in [9.17, 15) is 9.59 Å². The Morgan fingerprint density at radius 2 is 1.73 bits per heavy atom. The molecule has 30 heavy (non-hydrogen) atoms. The highest BCUT2D eigenvalue weighted by Crippen LogP contribution is 2.33. The molecule has 1 atom stereocenters. The molecular formula is C24H25BrN2O3. The van der Waals surface area contributed by atoms with Crippen molar-refractivity contribution in [1.29, 1.82) is 0 Å². The Kier molecular flexibility index (Phi) is 7.46. The number of likely N-dealkylation sites (N-methyl/N-ethyl adjacent to an activating group) is 1. The predicted molar refractivity (Wildman–Crippen MR) is 122 cm³/mol. The summed E-state index contributed by atoms with van der Waals surface area (Å²) in [7, 11) is 0. The van der Waals surface area contributed by atoms with E-state index in [0.29, 0.717) is 18.8 Å². The van der Waals surface area contributed by atoms with Gasteiger partial charge in [0.05, 0.1) is 4.47 Å². The second-order valence-corrected chi connectivity index (χ2v) is 7.76. The molecule has 0 aromatic heterocycles. The van der Waals surface area contributed by atoms with Crippen molar-refractivity contribution in [3.8, 4) is 5.75 Å². The molecule has 0 saturated carbocycles. The van der Waals surface area contributed by atoms with Crippen LogP contribution in [0.5, 0.6) is 5.75 Å². The number of rotatable bonds is 8. The zero-order chi connectivity index (χ0) is 21.5. The van der Waals surface area contributed by atoms with Gasteiger partial charge in [-0.25, -0.2) is 0 Å². The Labute approximate surface area is 185 Å². The van der Waals surface area contributed by atoms with Gasteiger partial charge in [0.2, 0.25) is 5.91 Å². The van der Waals surface area contributed by atoms with Crippen molar-refractivity contribution in [3.63, 3.8) is 0 Å². The zero-order valence-corrected chi connectivity index (χ0v) is 18.7. The maximum atomic E-state index is 13.1. The largest absolute Gasteiger partial charge is 0.483 e. The fourth-order valence-corrected chi connectivity index (χ4v) is 3.84. The van der Waals surface area contributed by atoms with E-state index in [1.165, 1.54) is 0 Å². The summed E-state index contributed by atoms with van der Waals surface area (Å²) in [6, 6.07) is 20.8. The van der Waals surface area contributed by atoms with Crippen LogP contribution in [-0.2, 0) is 16.1 Å². The molecule has 0 fully saturated rings. The summed E-state index contributed by atoms with van der Waals surface area (Å²) in [5.74, 6) is 0.152. The average molecular weight is 469 g/mol. The van der Waals surface area contributed by atoms with Crippen LogP contribution in [0.1, 0.15) is 19.4 Å². The smallest absolute Gasteiger partial charge is 0.261 e. The molecule has 0 aliphatic heterocycles. The molecular weight excluding hydrogens is 444 g/mol. The topological polar surface area (TPSA) is 58.6 Å². The van der Waals surface area contributed by atoms with Gasteiger partial charge in [-0.05, 0) is 52.2 Å². The molecule has 2 amide bonds. The lowest BCUT2D eigenvalue weighted by molar-refractivity contribution is -0.142. The Bertz CT molecular complexity index is 1020. The summed E-state index contributed by atoms with van der Waals surface area (Å²) in [5, 5.41) is 4.88. The molecule has 0 aliphatic carbocycles. The van der Waals surface area contributed by atoms with Crippen LogP contribution in [0.15, 0.2) is 71.2 Å². The van der Waals surface area contributed by atoms with E-state index in [-0.39, 0.29) is 18.4 Å². The molecule has 6 heteroatoms. The minimum Gasteiger partial charge on any atom is -0.483 e. The molecule has 0 aliphatic rings. The number of fused-ring (bicyclic) bond motifs is 1. The summed E-state index contributed by atoms with van der Waals surface area (Å²) in [5.41, 5.74) is 0.953. The molecule has 1 N–H and O–H groups in total. The Morgan fingerprint density at radius 1 is 1.03 bits per heavy atom. The van der Waals surface area contributed by atoms with Crippen LogP contribution >= 0.6 is 15.9 Å². The summed E-state index contributed by atoms with van der Waals surface area (Å²) in [6.07, 6.45) is 0. The maximum Gasteiger partial charge on any atom is 0.261 e. The monoisotopic (exact) mass is 468 g/mol. The first-order chi connectivity index (χ1) is 14.5. The van der Waals surface area contributed by atoms with Crippen LogP contribution in [0.3, 0.4) is 0 Å². The van der Waals surface area contributed by atoms with Gasteiger partial charge in [-0.3, -0.25) is 9.59 Å². The standard InChI is InChI=1S/C24H25BrN2O3/c1-3-26-24(29)17(2)27(15-18-9-5-4-6-10-18)22(28)16-30-21-14-13-19-11-7-8-12-20(19)23(21)25/h4-14,17H,3,15-16H2,1-2H3,(H,26,29)/t17-/m0/s1. The Morgan fingerprint density at radius 3 is 2.47 bits per heavy atom. The number of benzene rings is 3. The van der Waals surface area contributed by atoms with Gasteiger partial charge in [0, 0.05) is 13.1 Å².